The van der Waals surface area contributed by atoms with Gasteiger partial charge in [-0.05, 0) is 24.3 Å². The molecule has 160 valence electrons. The summed E-state index contributed by atoms with van der Waals surface area (Å²) in [5.74, 6) is 0.0792. The molecule has 2 heterocycles. The van der Waals surface area contributed by atoms with Crippen LogP contribution in [0.3, 0.4) is 0 Å². The van der Waals surface area contributed by atoms with Crippen LogP contribution in [0.15, 0.2) is 42.7 Å². The van der Waals surface area contributed by atoms with Gasteiger partial charge in [0.25, 0.3) is 11.6 Å². The van der Waals surface area contributed by atoms with Gasteiger partial charge in [0.2, 0.25) is 5.88 Å². The first-order chi connectivity index (χ1) is 14.9. The Bertz CT molecular complexity index is 1130. The summed E-state index contributed by atoms with van der Waals surface area (Å²) < 4.78 is 5.65. The minimum Gasteiger partial charge on any atom is -0.467 e. The number of hydrogen-bond donors (Lipinski definition) is 0. The molecule has 1 fully saturated rings. The molecule has 0 saturated carbocycles. The number of nitro benzene ring substituents is 1. The third-order valence-corrected chi connectivity index (χ3v) is 5.52. The molecule has 0 unspecified atom stereocenters. The Morgan fingerprint density at radius 2 is 1.81 bits per heavy atom. The summed E-state index contributed by atoms with van der Waals surface area (Å²) in [6.45, 7) is 2.09. The lowest BCUT2D eigenvalue weighted by Gasteiger charge is -2.36. The predicted molar refractivity (Wildman–Crippen MR) is 117 cm³/mol. The van der Waals surface area contributed by atoms with E-state index >= 15 is 0 Å². The van der Waals surface area contributed by atoms with Gasteiger partial charge in [0.1, 0.15) is 6.33 Å². The number of anilines is 1. The van der Waals surface area contributed by atoms with Crippen molar-refractivity contribution in [2.24, 2.45) is 0 Å². The van der Waals surface area contributed by atoms with Crippen LogP contribution < -0.4 is 9.64 Å². The average Bonchev–Trinajstić information content (AvgIpc) is 2.77. The van der Waals surface area contributed by atoms with Crippen molar-refractivity contribution in [2.45, 2.75) is 0 Å². The van der Waals surface area contributed by atoms with Gasteiger partial charge in [-0.25, -0.2) is 9.97 Å². The van der Waals surface area contributed by atoms with E-state index in [2.05, 4.69) is 14.9 Å². The van der Waals surface area contributed by atoms with Gasteiger partial charge >= 0.3 is 0 Å². The van der Waals surface area contributed by atoms with Crippen LogP contribution in [-0.4, -0.2) is 58.5 Å². The maximum absolute atomic E-state index is 12.6. The molecule has 0 N–H and O–H groups in total. The zero-order valence-electron chi connectivity index (χ0n) is 16.2. The monoisotopic (exact) mass is 461 g/mol. The van der Waals surface area contributed by atoms with Gasteiger partial charge in [0.05, 0.1) is 20.8 Å². The number of fused-ring (bicyclic) bond motifs is 1. The van der Waals surface area contributed by atoms with Gasteiger partial charge in [-0.1, -0.05) is 23.2 Å². The Labute approximate surface area is 187 Å². The molecule has 0 spiro atoms. The van der Waals surface area contributed by atoms with Crippen molar-refractivity contribution in [1.82, 2.24) is 14.9 Å². The molecular formula is C20H17Cl2N5O4. The number of halogens is 2. The second-order valence-electron chi connectivity index (χ2n) is 6.89. The van der Waals surface area contributed by atoms with Crippen molar-refractivity contribution >= 4 is 51.4 Å². The molecule has 1 aliphatic heterocycles. The number of hydrogen-bond acceptors (Lipinski definition) is 7. The van der Waals surface area contributed by atoms with Gasteiger partial charge in [-0.15, -0.1) is 0 Å². The fraction of sp³-hybridized carbons (Fsp3) is 0.250. The Morgan fingerprint density at radius 3 is 2.48 bits per heavy atom. The molecule has 2 aromatic carbocycles. The molecular weight excluding hydrogens is 445 g/mol. The first kappa shape index (κ1) is 21.1. The molecule has 1 saturated heterocycles. The van der Waals surface area contributed by atoms with E-state index < -0.39 is 4.92 Å². The summed E-state index contributed by atoms with van der Waals surface area (Å²) in [6, 6.07) is 9.62. The molecule has 11 heteroatoms. The topological polar surface area (TPSA) is 102 Å². The third kappa shape index (κ3) is 4.62. The lowest BCUT2D eigenvalue weighted by Crippen LogP contribution is -2.50. The van der Waals surface area contributed by atoms with Crippen LogP contribution in [-0.2, 0) is 4.79 Å². The Kier molecular flexibility index (Phi) is 6.06. The zero-order valence-corrected chi connectivity index (χ0v) is 17.7. The van der Waals surface area contributed by atoms with Crippen LogP contribution >= 0.6 is 23.2 Å². The largest absolute Gasteiger partial charge is 0.467 e. The minimum atomic E-state index is -0.427. The van der Waals surface area contributed by atoms with Crippen LogP contribution in [0.4, 0.5) is 11.4 Å². The second kappa shape index (κ2) is 8.91. The van der Waals surface area contributed by atoms with Gasteiger partial charge in [-0.2, -0.15) is 0 Å². The molecule has 1 aromatic heterocycles. The fourth-order valence-electron chi connectivity index (χ4n) is 3.40. The van der Waals surface area contributed by atoms with Gasteiger partial charge in [0, 0.05) is 49.0 Å². The quantitative estimate of drug-likeness (QED) is 0.422. The smallest absolute Gasteiger partial charge is 0.269 e. The van der Waals surface area contributed by atoms with E-state index in [9.17, 15) is 14.9 Å². The molecule has 9 nitrogen and oxygen atoms in total. The molecule has 3 aromatic rings. The number of nitro groups is 1. The summed E-state index contributed by atoms with van der Waals surface area (Å²) in [4.78, 5) is 35.0. The Morgan fingerprint density at radius 1 is 1.10 bits per heavy atom. The molecule has 1 amide bonds. The fourth-order valence-corrected chi connectivity index (χ4v) is 3.95. The highest BCUT2D eigenvalue weighted by atomic mass is 35.5. The van der Waals surface area contributed by atoms with E-state index in [0.29, 0.717) is 47.1 Å². The number of carbonyl (C=O) groups is 1. The molecule has 0 bridgehead atoms. The average molecular weight is 462 g/mol. The normalized spacial score (nSPS) is 14.0. The SMILES string of the molecule is O=C(COc1ncnc2c(Cl)cc(Cl)cc12)N1CCN(c2ccc([N+](=O)[O-])cc2)CC1. The predicted octanol–water partition coefficient (Wildman–Crippen LogP) is 3.57. The molecule has 0 radical (unpaired) electrons. The van der Waals surface area contributed by atoms with Crippen molar-refractivity contribution in [3.63, 3.8) is 0 Å². The lowest BCUT2D eigenvalue weighted by molar-refractivity contribution is -0.384. The second-order valence-corrected chi connectivity index (χ2v) is 7.74. The number of amides is 1. The molecule has 1 aliphatic rings. The van der Waals surface area contributed by atoms with Crippen LogP contribution in [0.5, 0.6) is 5.88 Å². The van der Waals surface area contributed by atoms with E-state index in [1.54, 1.807) is 29.2 Å². The first-order valence-corrected chi connectivity index (χ1v) is 10.2. The van der Waals surface area contributed by atoms with Gasteiger partial charge in [0.15, 0.2) is 6.61 Å². The summed E-state index contributed by atoms with van der Waals surface area (Å²) in [5.41, 5.74) is 1.44. The number of ether oxygens (including phenoxy) is 1. The summed E-state index contributed by atoms with van der Waals surface area (Å²) in [5, 5.41) is 12.1. The summed E-state index contributed by atoms with van der Waals surface area (Å²) in [6.07, 6.45) is 1.32. The van der Waals surface area contributed by atoms with Crippen molar-refractivity contribution in [3.8, 4) is 5.88 Å². The number of nitrogens with zero attached hydrogens (tertiary/aromatic N) is 5. The van der Waals surface area contributed by atoms with Gasteiger partial charge in [-0.3, -0.25) is 14.9 Å². The van der Waals surface area contributed by atoms with E-state index in [4.69, 9.17) is 27.9 Å². The van der Waals surface area contributed by atoms with Crippen molar-refractivity contribution in [3.05, 3.63) is 62.9 Å². The third-order valence-electron chi connectivity index (χ3n) is 5.01. The van der Waals surface area contributed by atoms with Gasteiger partial charge < -0.3 is 14.5 Å². The lowest BCUT2D eigenvalue weighted by atomic mass is 10.2. The molecule has 0 aliphatic carbocycles. The van der Waals surface area contributed by atoms with E-state index in [-0.39, 0.29) is 24.1 Å². The van der Waals surface area contributed by atoms with E-state index in [1.165, 1.54) is 18.5 Å². The highest BCUT2D eigenvalue weighted by molar-refractivity contribution is 6.38. The number of non-ortho nitro benzene ring substituents is 1. The first-order valence-electron chi connectivity index (χ1n) is 9.42. The number of benzene rings is 2. The molecule has 31 heavy (non-hydrogen) atoms. The van der Waals surface area contributed by atoms with Crippen LogP contribution in [0.1, 0.15) is 0 Å². The van der Waals surface area contributed by atoms with Crippen LogP contribution in [0, 0.1) is 10.1 Å². The molecule has 0 atom stereocenters. The standard InChI is InChI=1S/C20H17Cl2N5O4/c21-13-9-16-19(17(22)10-13)23-12-24-20(16)31-11-18(28)26-7-5-25(6-8-26)14-1-3-15(4-2-14)27(29)30/h1-4,9-10,12H,5-8,11H2. The summed E-state index contributed by atoms with van der Waals surface area (Å²) in [7, 11) is 0. The number of aromatic nitrogens is 2. The Hall–Kier alpha value is -3.17. The minimum absolute atomic E-state index is 0.0505. The maximum Gasteiger partial charge on any atom is 0.269 e. The molecule has 4 rings (SSSR count). The van der Waals surface area contributed by atoms with E-state index in [1.807, 2.05) is 0 Å². The Balaban J connectivity index is 1.36. The number of piperazine rings is 1. The highest BCUT2D eigenvalue weighted by Gasteiger charge is 2.22. The van der Waals surface area contributed by atoms with Crippen molar-refractivity contribution in [1.29, 1.82) is 0 Å². The summed E-state index contributed by atoms with van der Waals surface area (Å²) >= 11 is 12.2. The highest BCUT2D eigenvalue weighted by Crippen LogP contribution is 2.30. The van der Waals surface area contributed by atoms with Crippen molar-refractivity contribution in [2.75, 3.05) is 37.7 Å². The van der Waals surface area contributed by atoms with Crippen LogP contribution in [0.2, 0.25) is 10.0 Å². The zero-order chi connectivity index (χ0) is 22.0. The number of carbonyl (C=O) groups excluding carboxylic acids is 1. The van der Waals surface area contributed by atoms with E-state index in [0.717, 1.165) is 5.69 Å². The maximum atomic E-state index is 12.6. The number of rotatable bonds is 5. The van der Waals surface area contributed by atoms with Crippen LogP contribution in [0.25, 0.3) is 10.9 Å². The van der Waals surface area contributed by atoms with Crippen molar-refractivity contribution < 1.29 is 14.5 Å².